The van der Waals surface area contributed by atoms with Crippen LogP contribution in [0.15, 0.2) is 57.5 Å². The van der Waals surface area contributed by atoms with Crippen molar-refractivity contribution in [3.05, 3.63) is 63.0 Å². The van der Waals surface area contributed by atoms with Crippen LogP contribution in [0.5, 0.6) is 5.75 Å². The van der Waals surface area contributed by atoms with Crippen LogP contribution in [-0.2, 0) is 4.79 Å². The zero-order valence-electron chi connectivity index (χ0n) is 11.1. The smallest absolute Gasteiger partial charge is 0.311 e. The molecule has 0 aliphatic rings. The number of carboxylic acid groups (broad SMARTS) is 1. The summed E-state index contributed by atoms with van der Waals surface area (Å²) in [6, 6.07) is 14.8. The molecule has 0 aliphatic carbocycles. The van der Waals surface area contributed by atoms with E-state index in [4.69, 9.17) is 4.74 Å². The second-order valence-corrected chi connectivity index (χ2v) is 6.27. The molecule has 1 unspecified atom stereocenters. The summed E-state index contributed by atoms with van der Waals surface area (Å²) in [5.41, 5.74) is 0.768. The van der Waals surface area contributed by atoms with Gasteiger partial charge in [0, 0.05) is 8.95 Å². The predicted molar refractivity (Wildman–Crippen MR) is 88.8 cm³/mol. The van der Waals surface area contributed by atoms with Gasteiger partial charge in [0.1, 0.15) is 5.75 Å². The molecule has 0 aliphatic heterocycles. The molecule has 3 nitrogen and oxygen atoms in total. The lowest BCUT2D eigenvalue weighted by Crippen LogP contribution is -2.15. The SMILES string of the molecule is O=C(O)C(CCOc1ccc(Br)cc1)c1ccccc1Br. The zero-order chi connectivity index (χ0) is 15.2. The van der Waals surface area contributed by atoms with Crippen molar-refractivity contribution in [2.75, 3.05) is 6.61 Å². The largest absolute Gasteiger partial charge is 0.494 e. The third-order valence-electron chi connectivity index (χ3n) is 3.07. The Morgan fingerprint density at radius 3 is 2.38 bits per heavy atom. The molecular weight excluding hydrogens is 400 g/mol. The van der Waals surface area contributed by atoms with Crippen LogP contribution in [0, 0.1) is 0 Å². The van der Waals surface area contributed by atoms with Crippen LogP contribution >= 0.6 is 31.9 Å². The molecule has 0 bridgehead atoms. The molecule has 110 valence electrons. The van der Waals surface area contributed by atoms with Gasteiger partial charge in [0.25, 0.3) is 0 Å². The van der Waals surface area contributed by atoms with Crippen molar-refractivity contribution in [3.63, 3.8) is 0 Å². The molecule has 2 rings (SSSR count). The van der Waals surface area contributed by atoms with E-state index in [1.54, 1.807) is 0 Å². The highest BCUT2D eigenvalue weighted by atomic mass is 79.9. The van der Waals surface area contributed by atoms with Gasteiger partial charge in [0.2, 0.25) is 0 Å². The molecule has 0 spiro atoms. The van der Waals surface area contributed by atoms with Gasteiger partial charge >= 0.3 is 5.97 Å². The molecule has 0 saturated heterocycles. The van der Waals surface area contributed by atoms with Crippen molar-refractivity contribution in [3.8, 4) is 5.75 Å². The number of carboxylic acids is 1. The van der Waals surface area contributed by atoms with Crippen LogP contribution in [0.1, 0.15) is 17.9 Å². The van der Waals surface area contributed by atoms with Crippen LogP contribution in [0.4, 0.5) is 0 Å². The van der Waals surface area contributed by atoms with Gasteiger partial charge < -0.3 is 9.84 Å². The number of carbonyl (C=O) groups is 1. The van der Waals surface area contributed by atoms with Gasteiger partial charge in [-0.05, 0) is 42.3 Å². The predicted octanol–water partition coefficient (Wildman–Crippen LogP) is 4.85. The van der Waals surface area contributed by atoms with Gasteiger partial charge in [-0.2, -0.15) is 0 Å². The summed E-state index contributed by atoms with van der Waals surface area (Å²) in [5.74, 6) is -0.702. The number of halogens is 2. The van der Waals surface area contributed by atoms with Gasteiger partial charge in [0.05, 0.1) is 12.5 Å². The molecule has 1 N–H and O–H groups in total. The Balaban J connectivity index is 2.00. The van der Waals surface area contributed by atoms with E-state index >= 15 is 0 Å². The van der Waals surface area contributed by atoms with E-state index in [0.29, 0.717) is 13.0 Å². The van der Waals surface area contributed by atoms with Crippen LogP contribution < -0.4 is 4.74 Å². The minimum Gasteiger partial charge on any atom is -0.494 e. The zero-order valence-corrected chi connectivity index (χ0v) is 14.3. The summed E-state index contributed by atoms with van der Waals surface area (Å²) in [5, 5.41) is 9.40. The summed E-state index contributed by atoms with van der Waals surface area (Å²) in [4.78, 5) is 11.5. The molecule has 0 heterocycles. The van der Waals surface area contributed by atoms with Crippen molar-refractivity contribution in [1.29, 1.82) is 0 Å². The van der Waals surface area contributed by atoms with Crippen molar-refractivity contribution in [2.45, 2.75) is 12.3 Å². The number of hydrogen-bond acceptors (Lipinski definition) is 2. The Morgan fingerprint density at radius 2 is 1.76 bits per heavy atom. The number of aliphatic carboxylic acids is 1. The van der Waals surface area contributed by atoms with E-state index in [2.05, 4.69) is 31.9 Å². The van der Waals surface area contributed by atoms with Gasteiger partial charge in [-0.1, -0.05) is 50.1 Å². The third kappa shape index (κ3) is 4.58. The second-order valence-electron chi connectivity index (χ2n) is 4.50. The van der Waals surface area contributed by atoms with Gasteiger partial charge in [0.15, 0.2) is 0 Å². The summed E-state index contributed by atoms with van der Waals surface area (Å²) in [7, 11) is 0. The second kappa shape index (κ2) is 7.61. The Bertz CT molecular complexity index is 611. The van der Waals surface area contributed by atoms with E-state index in [-0.39, 0.29) is 0 Å². The maximum atomic E-state index is 11.5. The first-order valence-electron chi connectivity index (χ1n) is 6.43. The molecule has 5 heteroatoms. The molecule has 2 aromatic carbocycles. The fourth-order valence-electron chi connectivity index (χ4n) is 2.00. The van der Waals surface area contributed by atoms with E-state index in [9.17, 15) is 9.90 Å². The monoisotopic (exact) mass is 412 g/mol. The average molecular weight is 414 g/mol. The van der Waals surface area contributed by atoms with Gasteiger partial charge in [-0.3, -0.25) is 4.79 Å². The molecule has 0 aromatic heterocycles. The fourth-order valence-corrected chi connectivity index (χ4v) is 2.82. The number of hydrogen-bond donors (Lipinski definition) is 1. The first-order chi connectivity index (χ1) is 10.1. The normalized spacial score (nSPS) is 11.9. The minimum atomic E-state index is -0.846. The first-order valence-corrected chi connectivity index (χ1v) is 8.02. The summed E-state index contributed by atoms with van der Waals surface area (Å²) >= 11 is 6.76. The molecule has 0 saturated carbocycles. The summed E-state index contributed by atoms with van der Waals surface area (Å²) in [6.07, 6.45) is 0.411. The Labute approximate surface area is 140 Å². The Morgan fingerprint density at radius 1 is 1.10 bits per heavy atom. The minimum absolute atomic E-state index is 0.347. The molecule has 0 amide bonds. The highest BCUT2D eigenvalue weighted by molar-refractivity contribution is 9.10. The number of benzene rings is 2. The molecule has 0 fully saturated rings. The lowest BCUT2D eigenvalue weighted by molar-refractivity contribution is -0.139. The highest BCUT2D eigenvalue weighted by Gasteiger charge is 2.21. The Kier molecular flexibility index (Phi) is 5.82. The van der Waals surface area contributed by atoms with E-state index in [1.165, 1.54) is 0 Å². The van der Waals surface area contributed by atoms with Crippen molar-refractivity contribution in [1.82, 2.24) is 0 Å². The summed E-state index contributed by atoms with van der Waals surface area (Å²) < 4.78 is 7.39. The lowest BCUT2D eigenvalue weighted by Gasteiger charge is -2.15. The van der Waals surface area contributed by atoms with E-state index < -0.39 is 11.9 Å². The number of ether oxygens (including phenoxy) is 1. The maximum absolute atomic E-state index is 11.5. The van der Waals surface area contributed by atoms with E-state index in [0.717, 1.165) is 20.3 Å². The van der Waals surface area contributed by atoms with Crippen LogP contribution in [-0.4, -0.2) is 17.7 Å². The Hall–Kier alpha value is -1.33. The average Bonchev–Trinajstić information content (AvgIpc) is 2.46. The molecule has 2 aromatic rings. The van der Waals surface area contributed by atoms with Crippen molar-refractivity contribution in [2.24, 2.45) is 0 Å². The van der Waals surface area contributed by atoms with Gasteiger partial charge in [-0.25, -0.2) is 0 Å². The van der Waals surface area contributed by atoms with Crippen LogP contribution in [0.3, 0.4) is 0 Å². The molecule has 1 atom stereocenters. The fraction of sp³-hybridized carbons (Fsp3) is 0.188. The first kappa shape index (κ1) is 16.0. The maximum Gasteiger partial charge on any atom is 0.311 e. The van der Waals surface area contributed by atoms with E-state index in [1.807, 2.05) is 48.5 Å². The quantitative estimate of drug-likeness (QED) is 0.736. The standard InChI is InChI=1S/C16H14Br2O3/c17-11-5-7-12(8-6-11)21-10-9-14(16(19)20)13-3-1-2-4-15(13)18/h1-8,14H,9-10H2,(H,19,20). The highest BCUT2D eigenvalue weighted by Crippen LogP contribution is 2.28. The van der Waals surface area contributed by atoms with Crippen LogP contribution in [0.2, 0.25) is 0 Å². The number of rotatable bonds is 6. The lowest BCUT2D eigenvalue weighted by atomic mass is 9.96. The molecule has 0 radical (unpaired) electrons. The van der Waals surface area contributed by atoms with Crippen molar-refractivity contribution >= 4 is 37.8 Å². The molecular formula is C16H14Br2O3. The summed E-state index contributed by atoms with van der Waals surface area (Å²) in [6.45, 7) is 0.347. The van der Waals surface area contributed by atoms with Gasteiger partial charge in [-0.15, -0.1) is 0 Å². The molecule has 21 heavy (non-hydrogen) atoms. The topological polar surface area (TPSA) is 46.5 Å². The van der Waals surface area contributed by atoms with Crippen molar-refractivity contribution < 1.29 is 14.6 Å². The van der Waals surface area contributed by atoms with Crippen LogP contribution in [0.25, 0.3) is 0 Å². The third-order valence-corrected chi connectivity index (χ3v) is 4.32.